The lowest BCUT2D eigenvalue weighted by molar-refractivity contribution is -0.134. The van der Waals surface area contributed by atoms with Crippen molar-refractivity contribution < 1.29 is 18.7 Å². The van der Waals surface area contributed by atoms with Gasteiger partial charge >= 0.3 is 0 Å². The summed E-state index contributed by atoms with van der Waals surface area (Å²) in [6.45, 7) is 1.08. The highest BCUT2D eigenvalue weighted by atomic mass is 32.2. The lowest BCUT2D eigenvalue weighted by Crippen LogP contribution is -2.20. The molecular weight excluding hydrogens is 328 g/mol. The number of thioether (sulfide) groups is 1. The van der Waals surface area contributed by atoms with Gasteiger partial charge in [0.2, 0.25) is 0 Å². The summed E-state index contributed by atoms with van der Waals surface area (Å²) in [4.78, 5) is 9.28. The van der Waals surface area contributed by atoms with E-state index in [0.29, 0.717) is 0 Å². The van der Waals surface area contributed by atoms with Gasteiger partial charge < -0.3 is 15.7 Å². The van der Waals surface area contributed by atoms with E-state index in [2.05, 4.69) is 10.6 Å². The van der Waals surface area contributed by atoms with E-state index in [1.807, 2.05) is 0 Å². The molecule has 1 aromatic rings. The SMILES string of the molecule is CC(=O)O.N=C1NC(=N)C(=C2NC(=N)c3c(F)ccc(F)c32)S1. The second-order valence-corrected chi connectivity index (χ2v) is 5.45. The van der Waals surface area contributed by atoms with Gasteiger partial charge in [-0.1, -0.05) is 0 Å². The van der Waals surface area contributed by atoms with Crippen molar-refractivity contribution in [2.75, 3.05) is 0 Å². The average Bonchev–Trinajstić information content (AvgIpc) is 2.94. The first-order valence-electron chi connectivity index (χ1n) is 6.12. The van der Waals surface area contributed by atoms with Crippen molar-refractivity contribution >= 4 is 40.3 Å². The van der Waals surface area contributed by atoms with Gasteiger partial charge in [-0.2, -0.15) is 0 Å². The number of amidine groups is 3. The Balaban J connectivity index is 0.000000433. The molecule has 0 atom stereocenters. The fraction of sp³-hybridized carbons (Fsp3) is 0.0769. The normalized spacial score (nSPS) is 18.8. The minimum absolute atomic E-state index is 0.0334. The quantitative estimate of drug-likeness (QED) is 0.429. The first kappa shape index (κ1) is 16.6. The van der Waals surface area contributed by atoms with Crippen molar-refractivity contribution in [3.05, 3.63) is 39.8 Å². The third kappa shape index (κ3) is 3.21. The summed E-state index contributed by atoms with van der Waals surface area (Å²) in [5.41, 5.74) is -0.0511. The Labute approximate surface area is 133 Å². The minimum Gasteiger partial charge on any atom is -0.481 e. The maximum absolute atomic E-state index is 13.9. The Morgan fingerprint density at radius 2 is 1.61 bits per heavy atom. The molecule has 0 unspecified atom stereocenters. The number of hydrogen-bond donors (Lipinski definition) is 6. The van der Waals surface area contributed by atoms with Crippen LogP contribution in [0.2, 0.25) is 0 Å². The molecule has 7 nitrogen and oxygen atoms in total. The third-order valence-electron chi connectivity index (χ3n) is 2.75. The van der Waals surface area contributed by atoms with Crippen molar-refractivity contribution in [3.8, 4) is 0 Å². The molecule has 120 valence electrons. The van der Waals surface area contributed by atoms with Gasteiger partial charge in [0.25, 0.3) is 5.97 Å². The Bertz CT molecular complexity index is 787. The number of halogens is 2. The van der Waals surface area contributed by atoms with E-state index < -0.39 is 17.6 Å². The zero-order valence-corrected chi connectivity index (χ0v) is 12.5. The van der Waals surface area contributed by atoms with Gasteiger partial charge in [0.1, 0.15) is 23.3 Å². The number of benzene rings is 1. The number of hydrogen-bond acceptors (Lipinski definition) is 5. The number of nitrogens with one attached hydrogen (secondary N) is 5. The number of carboxylic acid groups (broad SMARTS) is 1. The van der Waals surface area contributed by atoms with Crippen LogP contribution < -0.4 is 10.6 Å². The molecule has 2 aliphatic heterocycles. The van der Waals surface area contributed by atoms with E-state index in [1.54, 1.807) is 0 Å². The van der Waals surface area contributed by atoms with Crippen molar-refractivity contribution in [1.29, 1.82) is 16.2 Å². The summed E-state index contributed by atoms with van der Waals surface area (Å²) in [5, 5.41) is 35.3. The van der Waals surface area contributed by atoms with Crippen LogP contribution in [0.5, 0.6) is 0 Å². The molecule has 0 aromatic heterocycles. The van der Waals surface area contributed by atoms with Crippen molar-refractivity contribution in [1.82, 2.24) is 10.6 Å². The second-order valence-electron chi connectivity index (χ2n) is 4.43. The highest BCUT2D eigenvalue weighted by Crippen LogP contribution is 2.36. The topological polar surface area (TPSA) is 133 Å². The van der Waals surface area contributed by atoms with E-state index in [0.717, 1.165) is 30.8 Å². The Morgan fingerprint density at radius 1 is 1.09 bits per heavy atom. The van der Waals surface area contributed by atoms with Crippen LogP contribution in [-0.4, -0.2) is 27.9 Å². The van der Waals surface area contributed by atoms with Crippen LogP contribution in [0, 0.1) is 27.9 Å². The van der Waals surface area contributed by atoms with E-state index >= 15 is 0 Å². The van der Waals surface area contributed by atoms with Crippen LogP contribution in [0.4, 0.5) is 8.78 Å². The van der Waals surface area contributed by atoms with Crippen LogP contribution in [0.3, 0.4) is 0 Å². The summed E-state index contributed by atoms with van der Waals surface area (Å²) < 4.78 is 27.5. The number of rotatable bonds is 0. The summed E-state index contributed by atoms with van der Waals surface area (Å²) >= 11 is 0.930. The fourth-order valence-corrected chi connectivity index (χ4v) is 2.75. The molecule has 0 radical (unpaired) electrons. The first-order valence-corrected chi connectivity index (χ1v) is 6.94. The zero-order valence-electron chi connectivity index (χ0n) is 11.7. The van der Waals surface area contributed by atoms with E-state index in [4.69, 9.17) is 26.1 Å². The highest BCUT2D eigenvalue weighted by molar-refractivity contribution is 8.18. The molecule has 1 saturated heterocycles. The summed E-state index contributed by atoms with van der Waals surface area (Å²) in [6.07, 6.45) is 0. The van der Waals surface area contributed by atoms with Crippen molar-refractivity contribution in [2.24, 2.45) is 0 Å². The molecule has 0 amide bonds. The van der Waals surface area contributed by atoms with Gasteiger partial charge in [-0.25, -0.2) is 8.78 Å². The van der Waals surface area contributed by atoms with Crippen LogP contribution >= 0.6 is 11.8 Å². The molecule has 0 spiro atoms. The van der Waals surface area contributed by atoms with Gasteiger partial charge in [0.15, 0.2) is 5.17 Å². The maximum Gasteiger partial charge on any atom is 0.300 e. The predicted octanol–water partition coefficient (Wildman–Crippen LogP) is 1.90. The largest absolute Gasteiger partial charge is 0.481 e. The van der Waals surface area contributed by atoms with E-state index in [1.165, 1.54) is 0 Å². The van der Waals surface area contributed by atoms with E-state index in [-0.39, 0.29) is 38.6 Å². The molecule has 2 heterocycles. The van der Waals surface area contributed by atoms with Gasteiger partial charge in [0.05, 0.1) is 16.2 Å². The number of aliphatic carboxylic acids is 1. The van der Waals surface area contributed by atoms with Gasteiger partial charge in [-0.05, 0) is 23.9 Å². The smallest absolute Gasteiger partial charge is 0.300 e. The third-order valence-corrected chi connectivity index (χ3v) is 3.67. The number of carbonyl (C=O) groups is 1. The molecule has 2 aliphatic rings. The molecule has 10 heteroatoms. The monoisotopic (exact) mass is 339 g/mol. The van der Waals surface area contributed by atoms with Gasteiger partial charge in [0, 0.05) is 12.5 Å². The maximum atomic E-state index is 13.9. The van der Waals surface area contributed by atoms with Gasteiger partial charge in [-0.3, -0.25) is 21.0 Å². The van der Waals surface area contributed by atoms with Crippen LogP contribution in [0.1, 0.15) is 18.1 Å². The Kier molecular flexibility index (Phi) is 4.45. The van der Waals surface area contributed by atoms with Gasteiger partial charge in [-0.15, -0.1) is 0 Å². The molecule has 0 aliphatic carbocycles. The molecule has 1 fully saturated rings. The molecule has 0 bridgehead atoms. The average molecular weight is 339 g/mol. The highest BCUT2D eigenvalue weighted by Gasteiger charge is 2.34. The molecular formula is C13H11F2N5O2S. The van der Waals surface area contributed by atoms with Crippen molar-refractivity contribution in [3.63, 3.8) is 0 Å². The van der Waals surface area contributed by atoms with E-state index in [9.17, 15) is 8.78 Å². The van der Waals surface area contributed by atoms with Crippen molar-refractivity contribution in [2.45, 2.75) is 6.92 Å². The summed E-state index contributed by atoms with van der Waals surface area (Å²) in [6, 6.07) is 1.95. The standard InChI is InChI=1S/C11H7F2N5S.C2H4O2/c12-3-1-2-4(13)6-5(3)7(17-9(6)14)8-10(15)18-11(16)19-8;1-2(3)4/h1-2H,(H2,14,17)(H3,15,16,18);1H3,(H,3,4). The molecule has 1 aromatic carbocycles. The van der Waals surface area contributed by atoms with Crippen LogP contribution in [-0.2, 0) is 4.79 Å². The molecule has 23 heavy (non-hydrogen) atoms. The summed E-state index contributed by atoms with van der Waals surface area (Å²) in [5.74, 6) is -2.51. The second kappa shape index (κ2) is 6.16. The molecule has 3 rings (SSSR count). The lowest BCUT2D eigenvalue weighted by atomic mass is 10.1. The minimum atomic E-state index is -0.833. The Hall–Kier alpha value is -2.75. The molecule has 0 saturated carbocycles. The molecule has 6 N–H and O–H groups in total. The van der Waals surface area contributed by atoms with Crippen LogP contribution in [0.25, 0.3) is 5.70 Å². The number of fused-ring (bicyclic) bond motifs is 1. The fourth-order valence-electron chi connectivity index (χ4n) is 1.99. The Morgan fingerprint density at radius 3 is 2.09 bits per heavy atom. The van der Waals surface area contributed by atoms with Crippen LogP contribution in [0.15, 0.2) is 17.0 Å². The lowest BCUT2D eigenvalue weighted by Gasteiger charge is -2.05. The predicted molar refractivity (Wildman–Crippen MR) is 82.7 cm³/mol. The number of carboxylic acids is 1. The summed E-state index contributed by atoms with van der Waals surface area (Å²) in [7, 11) is 0. The first-order chi connectivity index (χ1) is 10.7. The zero-order chi connectivity index (χ0) is 17.3.